The topological polar surface area (TPSA) is 47.6 Å². The fourth-order valence-electron chi connectivity index (χ4n) is 3.77. The molecule has 0 spiro atoms. The summed E-state index contributed by atoms with van der Waals surface area (Å²) in [5.41, 5.74) is 5.14. The van der Waals surface area contributed by atoms with Crippen LogP contribution in [0.2, 0.25) is 0 Å². The Morgan fingerprint density at radius 3 is 2.83 bits per heavy atom. The molecule has 0 aromatic heterocycles. The molecular formula is C19H24INO3. The normalized spacial score (nSPS) is 26.2. The number of hydrogen-bond acceptors (Lipinski definition) is 4. The standard InChI is InChI=1S/C19H24INO3/c1-5-12(16(20)19(22)23-4)18-21-17-14(24-18)9-11-7-6-8-13(10(2)3)15(11)17/h6-8,10,14,17-18,21H,5,9H2,1-4H3/b16-12-/t14-,17-,18?/m1/s1. The second kappa shape index (κ2) is 7.14. The van der Waals surface area contributed by atoms with Crippen LogP contribution in [0, 0.1) is 0 Å². The zero-order chi connectivity index (χ0) is 17.4. The molecule has 1 unspecified atom stereocenters. The zero-order valence-corrected chi connectivity index (χ0v) is 16.7. The van der Waals surface area contributed by atoms with Gasteiger partial charge in [0.1, 0.15) is 9.81 Å². The molecule has 24 heavy (non-hydrogen) atoms. The van der Waals surface area contributed by atoms with Gasteiger partial charge in [0, 0.05) is 6.42 Å². The molecule has 1 N–H and O–H groups in total. The smallest absolute Gasteiger partial charge is 0.344 e. The maximum atomic E-state index is 11.9. The first kappa shape index (κ1) is 17.9. The van der Waals surface area contributed by atoms with E-state index in [1.54, 1.807) is 0 Å². The average Bonchev–Trinajstić information content (AvgIpc) is 3.11. The fraction of sp³-hybridized carbons (Fsp3) is 0.526. The van der Waals surface area contributed by atoms with Crippen molar-refractivity contribution in [2.75, 3.05) is 7.11 Å². The first-order chi connectivity index (χ1) is 11.5. The van der Waals surface area contributed by atoms with Crippen LogP contribution >= 0.6 is 22.6 Å². The summed E-state index contributed by atoms with van der Waals surface area (Å²) in [6, 6.07) is 6.76. The molecule has 0 radical (unpaired) electrons. The molecule has 4 nitrogen and oxygen atoms in total. The quantitative estimate of drug-likeness (QED) is 0.436. The number of esters is 1. The van der Waals surface area contributed by atoms with E-state index in [2.05, 4.69) is 60.0 Å². The third-order valence-electron chi connectivity index (χ3n) is 4.94. The van der Waals surface area contributed by atoms with Crippen LogP contribution in [0.5, 0.6) is 0 Å². The summed E-state index contributed by atoms with van der Waals surface area (Å²) in [5.74, 6) is 0.189. The van der Waals surface area contributed by atoms with Crippen molar-refractivity contribution in [1.82, 2.24) is 5.32 Å². The van der Waals surface area contributed by atoms with Gasteiger partial charge in [0.25, 0.3) is 0 Å². The van der Waals surface area contributed by atoms with Crippen molar-refractivity contribution >= 4 is 28.6 Å². The lowest BCUT2D eigenvalue weighted by molar-refractivity contribution is -0.135. The van der Waals surface area contributed by atoms with E-state index in [4.69, 9.17) is 9.47 Å². The molecule has 1 aliphatic carbocycles. The van der Waals surface area contributed by atoms with Crippen molar-refractivity contribution < 1.29 is 14.3 Å². The minimum atomic E-state index is -0.293. The summed E-state index contributed by atoms with van der Waals surface area (Å²) < 4.78 is 11.8. The summed E-state index contributed by atoms with van der Waals surface area (Å²) in [5, 5.41) is 3.62. The minimum Gasteiger partial charge on any atom is -0.465 e. The predicted octanol–water partition coefficient (Wildman–Crippen LogP) is 3.99. The van der Waals surface area contributed by atoms with Gasteiger partial charge in [-0.15, -0.1) is 0 Å². The van der Waals surface area contributed by atoms with E-state index in [9.17, 15) is 4.79 Å². The second-order valence-electron chi connectivity index (χ2n) is 6.66. The van der Waals surface area contributed by atoms with Crippen LogP contribution in [0.4, 0.5) is 0 Å². The number of carbonyl (C=O) groups is 1. The van der Waals surface area contributed by atoms with Gasteiger partial charge in [0.2, 0.25) is 0 Å². The van der Waals surface area contributed by atoms with E-state index in [0.717, 1.165) is 18.4 Å². The summed E-state index contributed by atoms with van der Waals surface area (Å²) in [6.07, 6.45) is 1.59. The van der Waals surface area contributed by atoms with Gasteiger partial charge in [-0.1, -0.05) is 39.0 Å². The van der Waals surface area contributed by atoms with Crippen molar-refractivity contribution in [2.24, 2.45) is 0 Å². The monoisotopic (exact) mass is 441 g/mol. The molecule has 5 heteroatoms. The molecule has 0 bridgehead atoms. The van der Waals surface area contributed by atoms with Crippen LogP contribution in [0.3, 0.4) is 0 Å². The number of benzene rings is 1. The predicted molar refractivity (Wildman–Crippen MR) is 102 cm³/mol. The van der Waals surface area contributed by atoms with Gasteiger partial charge in [-0.2, -0.15) is 0 Å². The van der Waals surface area contributed by atoms with E-state index in [1.807, 2.05) is 6.92 Å². The number of hydrogen-bond donors (Lipinski definition) is 1. The van der Waals surface area contributed by atoms with Crippen LogP contribution in [0.25, 0.3) is 0 Å². The maximum absolute atomic E-state index is 11.9. The molecule has 3 atom stereocenters. The number of fused-ring (bicyclic) bond motifs is 3. The van der Waals surface area contributed by atoms with Crippen LogP contribution < -0.4 is 5.32 Å². The molecular weight excluding hydrogens is 417 g/mol. The van der Waals surface area contributed by atoms with Gasteiger partial charge >= 0.3 is 5.97 Å². The average molecular weight is 441 g/mol. The Balaban J connectivity index is 1.91. The number of halogens is 1. The molecule has 1 aliphatic heterocycles. The lowest BCUT2D eigenvalue weighted by Crippen LogP contribution is -2.29. The van der Waals surface area contributed by atoms with Gasteiger partial charge < -0.3 is 9.47 Å². The van der Waals surface area contributed by atoms with Crippen molar-refractivity contribution in [3.63, 3.8) is 0 Å². The van der Waals surface area contributed by atoms with Crippen LogP contribution in [0.15, 0.2) is 27.4 Å². The van der Waals surface area contributed by atoms with Crippen molar-refractivity contribution in [3.05, 3.63) is 44.0 Å². The number of nitrogens with one attached hydrogen (secondary N) is 1. The van der Waals surface area contributed by atoms with Crippen LogP contribution in [-0.2, 0) is 20.7 Å². The highest BCUT2D eigenvalue weighted by atomic mass is 127. The van der Waals surface area contributed by atoms with E-state index >= 15 is 0 Å². The summed E-state index contributed by atoms with van der Waals surface area (Å²) in [7, 11) is 1.41. The van der Waals surface area contributed by atoms with Crippen LogP contribution in [0.1, 0.15) is 55.8 Å². The third kappa shape index (κ3) is 3.02. The van der Waals surface area contributed by atoms with Gasteiger partial charge in [-0.25, -0.2) is 4.79 Å². The van der Waals surface area contributed by atoms with Crippen LogP contribution in [-0.4, -0.2) is 25.4 Å². The Bertz CT molecular complexity index is 683. The second-order valence-corrected chi connectivity index (χ2v) is 7.74. The Labute approximate surface area is 157 Å². The molecule has 2 aliphatic rings. The van der Waals surface area contributed by atoms with E-state index in [1.165, 1.54) is 23.8 Å². The lowest BCUT2D eigenvalue weighted by Gasteiger charge is -2.20. The molecule has 1 saturated heterocycles. The molecule has 130 valence electrons. The van der Waals surface area contributed by atoms with E-state index in [-0.39, 0.29) is 24.3 Å². The van der Waals surface area contributed by atoms with Gasteiger partial charge in [0.15, 0.2) is 0 Å². The minimum absolute atomic E-state index is 0.133. The third-order valence-corrected chi connectivity index (χ3v) is 6.07. The number of methoxy groups -OCH3 is 1. The largest absolute Gasteiger partial charge is 0.465 e. The number of rotatable bonds is 4. The Morgan fingerprint density at radius 2 is 2.21 bits per heavy atom. The van der Waals surface area contributed by atoms with Gasteiger partial charge in [-0.3, -0.25) is 5.32 Å². The molecule has 1 aromatic carbocycles. The fourth-order valence-corrected chi connectivity index (χ4v) is 4.65. The maximum Gasteiger partial charge on any atom is 0.344 e. The highest BCUT2D eigenvalue weighted by molar-refractivity contribution is 14.1. The first-order valence-electron chi connectivity index (χ1n) is 8.47. The SMILES string of the molecule is CC/C(=C(/I)C(=O)OC)C1N[C@H]2c3c(cccc3C(C)C)C[C@H]2O1. The molecule has 1 fully saturated rings. The Morgan fingerprint density at radius 1 is 1.46 bits per heavy atom. The lowest BCUT2D eigenvalue weighted by atomic mass is 9.93. The van der Waals surface area contributed by atoms with Crippen molar-refractivity contribution in [1.29, 1.82) is 0 Å². The molecule has 0 saturated carbocycles. The summed E-state index contributed by atoms with van der Waals surface area (Å²) in [6.45, 7) is 6.51. The summed E-state index contributed by atoms with van der Waals surface area (Å²) >= 11 is 2.07. The molecule has 1 heterocycles. The van der Waals surface area contributed by atoms with Crippen molar-refractivity contribution in [3.8, 4) is 0 Å². The van der Waals surface area contributed by atoms with E-state index < -0.39 is 0 Å². The molecule has 1 aromatic rings. The summed E-state index contributed by atoms with van der Waals surface area (Å²) in [4.78, 5) is 11.9. The first-order valence-corrected chi connectivity index (χ1v) is 9.55. The zero-order valence-electron chi connectivity index (χ0n) is 14.6. The molecule has 0 amide bonds. The van der Waals surface area contributed by atoms with E-state index in [0.29, 0.717) is 9.50 Å². The van der Waals surface area contributed by atoms with Crippen molar-refractivity contribution in [2.45, 2.75) is 57.9 Å². The molecule has 3 rings (SSSR count). The Hall–Kier alpha value is -0.920. The van der Waals surface area contributed by atoms with Gasteiger partial charge in [-0.05, 0) is 57.2 Å². The highest BCUT2D eigenvalue weighted by Gasteiger charge is 2.44. The van der Waals surface area contributed by atoms with Gasteiger partial charge in [0.05, 0.1) is 19.3 Å². The Kier molecular flexibility index (Phi) is 5.32. The number of ether oxygens (including phenoxy) is 2. The highest BCUT2D eigenvalue weighted by Crippen LogP contribution is 2.43. The number of carbonyl (C=O) groups excluding carboxylic acids is 1.